The molecule has 0 aliphatic heterocycles. The quantitative estimate of drug-likeness (QED) is 0.327. The summed E-state index contributed by atoms with van der Waals surface area (Å²) in [5.41, 5.74) is 0. The standard InChI is InChI=1S/C2H2N2O4.Sr/c5-1(6)3-4-2(7)8;/h(H,5,6)(H,7,8);/q;+2/p-2. The molecule has 0 aliphatic carbocycles. The molecule has 0 unspecified atom stereocenters. The summed E-state index contributed by atoms with van der Waals surface area (Å²) in [4.78, 5) is 18.5. The summed E-state index contributed by atoms with van der Waals surface area (Å²) >= 11 is 0. The van der Waals surface area contributed by atoms with Crippen molar-refractivity contribution < 1.29 is 19.8 Å². The Morgan fingerprint density at radius 3 is 1.33 bits per heavy atom. The molecule has 0 atom stereocenters. The Morgan fingerprint density at radius 2 is 1.22 bits per heavy atom. The molecule has 0 saturated carbocycles. The normalized spacial score (nSPS) is 8.44. The largest absolute Gasteiger partial charge is 2.00 e. The first kappa shape index (κ1) is 11.8. The van der Waals surface area contributed by atoms with Gasteiger partial charge in [0.15, 0.2) is 12.2 Å². The topological polar surface area (TPSA) is 105 Å². The Bertz CT molecular complexity index is 128. The molecule has 2 amide bonds. The van der Waals surface area contributed by atoms with Crippen LogP contribution in [0.5, 0.6) is 0 Å². The molecule has 0 spiro atoms. The first-order valence-electron chi connectivity index (χ1n) is 1.46. The predicted octanol–water partition coefficient (Wildman–Crippen LogP) is -2.26. The van der Waals surface area contributed by atoms with E-state index in [1.54, 1.807) is 0 Å². The van der Waals surface area contributed by atoms with Gasteiger partial charge in [0.2, 0.25) is 0 Å². The van der Waals surface area contributed by atoms with Gasteiger partial charge >= 0.3 is 45.5 Å². The van der Waals surface area contributed by atoms with Gasteiger partial charge in [0.25, 0.3) is 0 Å². The number of carbonyl (C=O) groups is 2. The van der Waals surface area contributed by atoms with Gasteiger partial charge in [0.05, 0.1) is 0 Å². The van der Waals surface area contributed by atoms with Gasteiger partial charge in [-0.2, -0.15) is 0 Å². The maximum absolute atomic E-state index is 9.24. The minimum absolute atomic E-state index is 0. The fourth-order valence-corrected chi connectivity index (χ4v) is 0.0816. The molecule has 0 N–H and O–H groups in total. The van der Waals surface area contributed by atoms with E-state index in [1.165, 1.54) is 0 Å². The molecule has 9 heavy (non-hydrogen) atoms. The Balaban J connectivity index is 0. The molecule has 0 aliphatic rings. The molecule has 0 rings (SSSR count). The van der Waals surface area contributed by atoms with E-state index in [1.807, 2.05) is 0 Å². The zero-order valence-corrected chi connectivity index (χ0v) is 7.71. The maximum Gasteiger partial charge on any atom is 2.00 e. The van der Waals surface area contributed by atoms with Crippen LogP contribution in [0.2, 0.25) is 0 Å². The van der Waals surface area contributed by atoms with Crippen molar-refractivity contribution in [3.8, 4) is 0 Å². The van der Waals surface area contributed by atoms with Gasteiger partial charge in [-0.25, -0.2) is 0 Å². The van der Waals surface area contributed by atoms with Crippen LogP contribution in [0.1, 0.15) is 0 Å². The first-order valence-corrected chi connectivity index (χ1v) is 1.46. The minimum Gasteiger partial charge on any atom is -0.527 e. The molecule has 6 nitrogen and oxygen atoms in total. The van der Waals surface area contributed by atoms with Gasteiger partial charge in [0.1, 0.15) is 0 Å². The predicted molar refractivity (Wildman–Crippen MR) is 21.4 cm³/mol. The van der Waals surface area contributed by atoms with Crippen molar-refractivity contribution in [2.75, 3.05) is 0 Å². The second-order valence-corrected chi connectivity index (χ2v) is 0.732. The molecule has 0 fully saturated rings. The maximum atomic E-state index is 9.24. The number of hydrogen-bond donors (Lipinski definition) is 0. The molecule has 0 radical (unpaired) electrons. The van der Waals surface area contributed by atoms with Crippen molar-refractivity contribution in [1.29, 1.82) is 0 Å². The van der Waals surface area contributed by atoms with Crippen LogP contribution in [0.3, 0.4) is 0 Å². The van der Waals surface area contributed by atoms with Gasteiger partial charge in [-0.05, 0) is 0 Å². The third-order valence-electron chi connectivity index (χ3n) is 0.213. The van der Waals surface area contributed by atoms with Crippen molar-refractivity contribution in [2.45, 2.75) is 0 Å². The van der Waals surface area contributed by atoms with E-state index in [-0.39, 0.29) is 45.5 Å². The van der Waals surface area contributed by atoms with E-state index in [2.05, 4.69) is 10.2 Å². The Kier molecular flexibility index (Phi) is 8.04. The van der Waals surface area contributed by atoms with Crippen LogP contribution < -0.4 is 10.2 Å². The van der Waals surface area contributed by atoms with Gasteiger partial charge in [0, 0.05) is 0 Å². The van der Waals surface area contributed by atoms with E-state index < -0.39 is 12.2 Å². The third kappa shape index (κ3) is 11.5. The molecule has 0 bridgehead atoms. The smallest absolute Gasteiger partial charge is 0.527 e. The van der Waals surface area contributed by atoms with Gasteiger partial charge in [-0.3, -0.25) is 0 Å². The van der Waals surface area contributed by atoms with Crippen molar-refractivity contribution in [1.82, 2.24) is 0 Å². The average molecular weight is 204 g/mol. The average Bonchev–Trinajstić information content (AvgIpc) is 1.61. The number of carbonyl (C=O) groups excluding carboxylic acids is 2. The summed E-state index contributed by atoms with van der Waals surface area (Å²) < 4.78 is 0. The Labute approximate surface area is 86.9 Å². The van der Waals surface area contributed by atoms with E-state index in [4.69, 9.17) is 0 Å². The number of nitrogens with zero attached hydrogens (tertiary/aromatic N) is 2. The van der Waals surface area contributed by atoms with Crippen LogP contribution in [0.25, 0.3) is 0 Å². The molecular weight excluding hydrogens is 204 g/mol. The first-order chi connectivity index (χ1) is 3.63. The van der Waals surface area contributed by atoms with Crippen LogP contribution in [0, 0.1) is 0 Å². The van der Waals surface area contributed by atoms with E-state index in [0.29, 0.717) is 0 Å². The zero-order valence-electron chi connectivity index (χ0n) is 4.23. The van der Waals surface area contributed by atoms with E-state index >= 15 is 0 Å². The zero-order chi connectivity index (χ0) is 6.57. The summed E-state index contributed by atoms with van der Waals surface area (Å²) in [5.74, 6) is 0. The monoisotopic (exact) mass is 204 g/mol. The Morgan fingerprint density at radius 1 is 1.00 bits per heavy atom. The summed E-state index contributed by atoms with van der Waals surface area (Å²) in [5, 5.41) is 22.7. The van der Waals surface area contributed by atoms with Crippen molar-refractivity contribution >= 4 is 57.7 Å². The molecule has 0 saturated heterocycles. The van der Waals surface area contributed by atoms with Gasteiger partial charge in [-0.15, -0.1) is 10.2 Å². The van der Waals surface area contributed by atoms with Crippen molar-refractivity contribution in [3.05, 3.63) is 0 Å². The molecular formula is C2N2O4Sr. The van der Waals surface area contributed by atoms with Crippen LogP contribution in [0.4, 0.5) is 9.59 Å². The van der Waals surface area contributed by atoms with Crippen LogP contribution in [-0.2, 0) is 0 Å². The summed E-state index contributed by atoms with van der Waals surface area (Å²) in [6, 6.07) is 0. The van der Waals surface area contributed by atoms with Crippen LogP contribution in [-0.4, -0.2) is 57.7 Å². The van der Waals surface area contributed by atoms with Crippen molar-refractivity contribution in [3.63, 3.8) is 0 Å². The fourth-order valence-electron chi connectivity index (χ4n) is 0.0816. The number of azo groups is 1. The molecule has 7 heteroatoms. The minimum atomic E-state index is -1.91. The molecule has 0 heterocycles. The third-order valence-corrected chi connectivity index (χ3v) is 0.213. The van der Waals surface area contributed by atoms with Crippen LogP contribution >= 0.6 is 0 Å². The molecule has 0 aromatic rings. The molecule has 0 aromatic heterocycles. The second-order valence-electron chi connectivity index (χ2n) is 0.732. The number of hydrogen-bond acceptors (Lipinski definition) is 4. The van der Waals surface area contributed by atoms with E-state index in [0.717, 1.165) is 0 Å². The summed E-state index contributed by atoms with van der Waals surface area (Å²) in [6.45, 7) is 0. The SMILES string of the molecule is O=C([O-])N=NC(=O)[O-].[Sr+2]. The molecule has 44 valence electrons. The Hall–Kier alpha value is 0.0205. The fraction of sp³-hybridized carbons (Fsp3) is 0. The summed E-state index contributed by atoms with van der Waals surface area (Å²) in [7, 11) is 0. The molecule has 0 aromatic carbocycles. The van der Waals surface area contributed by atoms with Crippen molar-refractivity contribution in [2.24, 2.45) is 10.2 Å². The van der Waals surface area contributed by atoms with E-state index in [9.17, 15) is 19.8 Å². The van der Waals surface area contributed by atoms with Gasteiger partial charge < -0.3 is 19.8 Å². The second kappa shape index (κ2) is 6.15. The van der Waals surface area contributed by atoms with Crippen LogP contribution in [0.15, 0.2) is 10.2 Å². The summed E-state index contributed by atoms with van der Waals surface area (Å²) in [6.07, 6.45) is -3.82. The van der Waals surface area contributed by atoms with Gasteiger partial charge in [-0.1, -0.05) is 0 Å². The number of carboxylic acid groups (broad SMARTS) is 2. The number of rotatable bonds is 0. The number of amides is 2.